The Morgan fingerprint density at radius 2 is 2.13 bits per heavy atom. The second-order valence-corrected chi connectivity index (χ2v) is 6.59. The van der Waals surface area contributed by atoms with E-state index in [1.54, 1.807) is 0 Å². The maximum atomic E-state index is 4.46. The SMILES string of the molecule is CC1CC(CCNC2=NCCCN2)CN1Cc1ccccc1.I. The Kier molecular flexibility index (Phi) is 7.62. The smallest absolute Gasteiger partial charge is 0.191 e. The van der Waals surface area contributed by atoms with Gasteiger partial charge in [0.1, 0.15) is 0 Å². The van der Waals surface area contributed by atoms with E-state index < -0.39 is 0 Å². The Balaban J connectivity index is 0.00000192. The van der Waals surface area contributed by atoms with E-state index in [9.17, 15) is 0 Å². The van der Waals surface area contributed by atoms with Crippen LogP contribution < -0.4 is 10.6 Å². The molecule has 0 bridgehead atoms. The first-order chi connectivity index (χ1) is 10.8. The minimum absolute atomic E-state index is 0. The summed E-state index contributed by atoms with van der Waals surface area (Å²) in [4.78, 5) is 7.08. The number of rotatable bonds is 5. The fourth-order valence-electron chi connectivity index (χ4n) is 3.51. The molecule has 5 heteroatoms. The molecule has 0 saturated carbocycles. The van der Waals surface area contributed by atoms with Crippen LogP contribution in [-0.2, 0) is 6.54 Å². The first-order valence-corrected chi connectivity index (χ1v) is 8.61. The number of aliphatic imine (C=N–C) groups is 1. The lowest BCUT2D eigenvalue weighted by Gasteiger charge is -2.21. The lowest BCUT2D eigenvalue weighted by molar-refractivity contribution is 0.254. The molecule has 0 aliphatic carbocycles. The van der Waals surface area contributed by atoms with Gasteiger partial charge in [0.25, 0.3) is 0 Å². The topological polar surface area (TPSA) is 39.7 Å². The van der Waals surface area contributed by atoms with Crippen LogP contribution in [0.4, 0.5) is 0 Å². The molecule has 2 aliphatic heterocycles. The Bertz CT molecular complexity index is 491. The third-order valence-electron chi connectivity index (χ3n) is 4.76. The van der Waals surface area contributed by atoms with Crippen molar-refractivity contribution in [3.05, 3.63) is 35.9 Å². The standard InChI is InChI=1S/C18H28N4.HI/c1-15-12-17(8-11-21-18-19-9-5-10-20-18)14-22(15)13-16-6-3-2-4-7-16;/h2-4,6-7,15,17H,5,8-14H2,1H3,(H2,19,20,21);1H. The number of nitrogens with zero attached hydrogens (tertiary/aromatic N) is 2. The summed E-state index contributed by atoms with van der Waals surface area (Å²) in [5.41, 5.74) is 1.42. The van der Waals surface area contributed by atoms with Crippen LogP contribution in [0, 0.1) is 5.92 Å². The van der Waals surface area contributed by atoms with E-state index in [1.165, 1.54) is 24.9 Å². The van der Waals surface area contributed by atoms with Gasteiger partial charge in [0.05, 0.1) is 0 Å². The lowest BCUT2D eigenvalue weighted by atomic mass is 10.0. The molecular weight excluding hydrogens is 399 g/mol. The molecule has 2 aliphatic rings. The van der Waals surface area contributed by atoms with E-state index in [-0.39, 0.29) is 24.0 Å². The first-order valence-electron chi connectivity index (χ1n) is 8.61. The Morgan fingerprint density at radius 3 is 2.87 bits per heavy atom. The highest BCUT2D eigenvalue weighted by atomic mass is 127. The minimum Gasteiger partial charge on any atom is -0.356 e. The molecule has 0 aromatic heterocycles. The van der Waals surface area contributed by atoms with E-state index in [0.29, 0.717) is 6.04 Å². The van der Waals surface area contributed by atoms with Gasteiger partial charge in [-0.2, -0.15) is 0 Å². The molecule has 3 rings (SSSR count). The van der Waals surface area contributed by atoms with Crippen LogP contribution in [0.15, 0.2) is 35.3 Å². The molecule has 2 unspecified atom stereocenters. The van der Waals surface area contributed by atoms with Crippen molar-refractivity contribution in [1.29, 1.82) is 0 Å². The molecule has 128 valence electrons. The monoisotopic (exact) mass is 428 g/mol. The van der Waals surface area contributed by atoms with Crippen molar-refractivity contribution in [1.82, 2.24) is 15.5 Å². The van der Waals surface area contributed by atoms with E-state index in [2.05, 4.69) is 57.8 Å². The Labute approximate surface area is 157 Å². The zero-order valence-electron chi connectivity index (χ0n) is 14.0. The molecule has 1 fully saturated rings. The van der Waals surface area contributed by atoms with Gasteiger partial charge in [-0.3, -0.25) is 9.89 Å². The predicted octanol–water partition coefficient (Wildman–Crippen LogP) is 2.84. The molecule has 0 spiro atoms. The van der Waals surface area contributed by atoms with Gasteiger partial charge in [0.15, 0.2) is 5.96 Å². The van der Waals surface area contributed by atoms with Crippen LogP contribution >= 0.6 is 24.0 Å². The van der Waals surface area contributed by atoms with E-state index >= 15 is 0 Å². The average Bonchev–Trinajstić information content (AvgIpc) is 2.89. The molecule has 2 atom stereocenters. The summed E-state index contributed by atoms with van der Waals surface area (Å²) in [6.45, 7) is 7.71. The van der Waals surface area contributed by atoms with Gasteiger partial charge in [-0.05, 0) is 37.7 Å². The first kappa shape index (κ1) is 18.5. The zero-order chi connectivity index (χ0) is 15.2. The van der Waals surface area contributed by atoms with Gasteiger partial charge >= 0.3 is 0 Å². The van der Waals surface area contributed by atoms with Crippen LogP contribution in [0.3, 0.4) is 0 Å². The fourth-order valence-corrected chi connectivity index (χ4v) is 3.51. The molecule has 23 heavy (non-hydrogen) atoms. The van der Waals surface area contributed by atoms with Gasteiger partial charge in [0.2, 0.25) is 0 Å². The highest BCUT2D eigenvalue weighted by molar-refractivity contribution is 14.0. The second kappa shape index (κ2) is 9.47. The van der Waals surface area contributed by atoms with Gasteiger partial charge in [-0.25, -0.2) is 0 Å². The van der Waals surface area contributed by atoms with E-state index in [1.807, 2.05) is 0 Å². The molecule has 1 aromatic carbocycles. The number of hydrogen-bond donors (Lipinski definition) is 2. The summed E-state index contributed by atoms with van der Waals surface area (Å²) >= 11 is 0. The summed E-state index contributed by atoms with van der Waals surface area (Å²) in [6.07, 6.45) is 3.70. The predicted molar refractivity (Wildman–Crippen MR) is 107 cm³/mol. The fraction of sp³-hybridized carbons (Fsp3) is 0.611. The molecule has 1 saturated heterocycles. The Hall–Kier alpha value is -0.820. The van der Waals surface area contributed by atoms with Crippen molar-refractivity contribution in [3.63, 3.8) is 0 Å². The number of likely N-dealkylation sites (tertiary alicyclic amines) is 1. The second-order valence-electron chi connectivity index (χ2n) is 6.59. The molecule has 2 heterocycles. The van der Waals surface area contributed by atoms with Crippen LogP contribution in [0.1, 0.15) is 31.7 Å². The van der Waals surface area contributed by atoms with Crippen molar-refractivity contribution in [2.24, 2.45) is 10.9 Å². The third-order valence-corrected chi connectivity index (χ3v) is 4.76. The maximum Gasteiger partial charge on any atom is 0.191 e. The third kappa shape index (κ3) is 5.64. The largest absolute Gasteiger partial charge is 0.356 e. The van der Waals surface area contributed by atoms with Crippen molar-refractivity contribution in [2.75, 3.05) is 26.2 Å². The number of nitrogens with one attached hydrogen (secondary N) is 2. The molecule has 0 amide bonds. The summed E-state index contributed by atoms with van der Waals surface area (Å²) in [5, 5.41) is 6.77. The average molecular weight is 428 g/mol. The van der Waals surface area contributed by atoms with Gasteiger partial charge < -0.3 is 10.6 Å². The highest BCUT2D eigenvalue weighted by Crippen LogP contribution is 2.26. The van der Waals surface area contributed by atoms with E-state index in [0.717, 1.165) is 44.5 Å². The van der Waals surface area contributed by atoms with Crippen LogP contribution in [0.25, 0.3) is 0 Å². The molecule has 1 aromatic rings. The molecule has 4 nitrogen and oxygen atoms in total. The number of halogens is 1. The highest BCUT2D eigenvalue weighted by Gasteiger charge is 2.28. The lowest BCUT2D eigenvalue weighted by Crippen LogP contribution is -2.41. The summed E-state index contributed by atoms with van der Waals surface area (Å²) < 4.78 is 0. The van der Waals surface area contributed by atoms with Crippen LogP contribution in [0.5, 0.6) is 0 Å². The summed E-state index contributed by atoms with van der Waals surface area (Å²) in [6, 6.07) is 11.5. The normalized spacial score (nSPS) is 24.5. The minimum atomic E-state index is 0. The molecule has 0 radical (unpaired) electrons. The van der Waals surface area contributed by atoms with Crippen molar-refractivity contribution < 1.29 is 0 Å². The quantitative estimate of drug-likeness (QED) is 0.709. The van der Waals surface area contributed by atoms with Crippen LogP contribution in [-0.4, -0.2) is 43.1 Å². The maximum absolute atomic E-state index is 4.46. The Morgan fingerprint density at radius 1 is 1.30 bits per heavy atom. The van der Waals surface area contributed by atoms with Crippen molar-refractivity contribution in [3.8, 4) is 0 Å². The van der Waals surface area contributed by atoms with Gasteiger partial charge in [-0.1, -0.05) is 30.3 Å². The number of guanidine groups is 1. The number of benzene rings is 1. The van der Waals surface area contributed by atoms with Crippen LogP contribution in [0.2, 0.25) is 0 Å². The van der Waals surface area contributed by atoms with E-state index in [4.69, 9.17) is 0 Å². The molecular formula is C18H29IN4. The zero-order valence-corrected chi connectivity index (χ0v) is 16.3. The van der Waals surface area contributed by atoms with Gasteiger partial charge in [0, 0.05) is 38.8 Å². The summed E-state index contributed by atoms with van der Waals surface area (Å²) in [5.74, 6) is 1.80. The van der Waals surface area contributed by atoms with Gasteiger partial charge in [-0.15, -0.1) is 24.0 Å². The van der Waals surface area contributed by atoms with Crippen molar-refractivity contribution >= 4 is 29.9 Å². The summed E-state index contributed by atoms with van der Waals surface area (Å²) in [7, 11) is 0. The number of hydrogen-bond acceptors (Lipinski definition) is 4. The van der Waals surface area contributed by atoms with Crippen molar-refractivity contribution in [2.45, 2.75) is 38.8 Å². The molecule has 2 N–H and O–H groups in total.